The van der Waals surface area contributed by atoms with E-state index in [1.54, 1.807) is 0 Å². The lowest BCUT2D eigenvalue weighted by Gasteiger charge is -2.23. The Labute approximate surface area is 134 Å². The maximum absolute atomic E-state index is 13.1. The van der Waals surface area contributed by atoms with Crippen molar-refractivity contribution in [3.05, 3.63) is 0 Å². The van der Waals surface area contributed by atoms with E-state index >= 15 is 0 Å². The summed E-state index contributed by atoms with van der Waals surface area (Å²) in [7, 11) is -21.0. The van der Waals surface area contributed by atoms with Gasteiger partial charge in [0.15, 0.2) is 0 Å². The summed E-state index contributed by atoms with van der Waals surface area (Å²) in [5.74, 6) is 0. The monoisotopic (exact) mass is 454 g/mol. The van der Waals surface area contributed by atoms with Crippen LogP contribution in [-0.2, 0) is 29.5 Å². The molecule has 0 aromatic carbocycles. The van der Waals surface area contributed by atoms with E-state index in [1.165, 1.54) is 0 Å². The summed E-state index contributed by atoms with van der Waals surface area (Å²) >= 11 is 0. The summed E-state index contributed by atoms with van der Waals surface area (Å²) in [4.78, 5) is 0. The maximum Gasteiger partial charge on any atom is 0.283 e. The minimum absolute atomic E-state index is 4.69. The quantitative estimate of drug-likeness (QED) is 0.485. The fourth-order valence-corrected chi connectivity index (χ4v) is 9.20. The van der Waals surface area contributed by atoms with Crippen molar-refractivity contribution in [2.75, 3.05) is 0 Å². The van der Waals surface area contributed by atoms with E-state index < -0.39 is 69.2 Å². The molecule has 0 fully saturated rings. The summed E-state index contributed by atoms with van der Waals surface area (Å²) in [6.45, 7) is 0. The maximum atomic E-state index is 13.1. The molecule has 0 saturated carbocycles. The second-order valence-electron chi connectivity index (χ2n) is 4.11. The zero-order valence-electron chi connectivity index (χ0n) is 11.1. The lowest BCUT2D eigenvalue weighted by atomic mass is 10.8. The molecule has 0 aliphatic carbocycles. The number of rotatable bonds is 9. The zero-order valence-corrected chi connectivity index (χ0v) is 13.6. The summed E-state index contributed by atoms with van der Waals surface area (Å²) in [6, 6.07) is 0. The first-order valence-electron chi connectivity index (χ1n) is 5.38. The van der Waals surface area contributed by atoms with Crippen LogP contribution in [0.2, 0.25) is 0 Å². The fourth-order valence-electron chi connectivity index (χ4n) is 1.31. The third-order valence-corrected chi connectivity index (χ3v) is 11.3. The predicted octanol–water partition coefficient (Wildman–Crippen LogP) is 1.20. The topological polar surface area (TPSA) is 102 Å². The summed E-state index contributed by atoms with van der Waals surface area (Å²) in [5.41, 5.74) is -14.2. The molecular weight excluding hydrogens is 447 g/mol. The molecular formula is C7H7F9O6S3. The minimum atomic E-state index is -7.01. The fraction of sp³-hybridized carbons (Fsp3) is 1.00. The normalized spacial score (nSPS) is 19.2. The average molecular weight is 454 g/mol. The highest BCUT2D eigenvalue weighted by Crippen LogP contribution is 2.34. The number of hydrogen-bond donors (Lipinski definition) is 0. The molecule has 3 atom stereocenters. The first-order valence-corrected chi connectivity index (χ1v) is 10.2. The summed E-state index contributed by atoms with van der Waals surface area (Å²) in [6.07, 6.45) is -14.1. The van der Waals surface area contributed by atoms with Gasteiger partial charge in [0.25, 0.3) is 39.7 Å². The van der Waals surface area contributed by atoms with Crippen molar-refractivity contribution in [2.24, 2.45) is 0 Å². The second kappa shape index (κ2) is 7.85. The van der Waals surface area contributed by atoms with Crippen LogP contribution in [0.5, 0.6) is 0 Å². The Bertz CT molecular complexity index is 657. The molecule has 25 heavy (non-hydrogen) atoms. The van der Waals surface area contributed by atoms with Gasteiger partial charge in [0.1, 0.15) is 0 Å². The van der Waals surface area contributed by atoms with Crippen molar-refractivity contribution in [3.8, 4) is 0 Å². The molecule has 152 valence electrons. The highest BCUT2D eigenvalue weighted by atomic mass is 32.3. The Morgan fingerprint density at radius 3 is 0.680 bits per heavy atom. The van der Waals surface area contributed by atoms with Gasteiger partial charge in [-0.25, -0.2) is 64.8 Å². The van der Waals surface area contributed by atoms with E-state index in [1.807, 2.05) is 0 Å². The Morgan fingerprint density at radius 1 is 0.400 bits per heavy atom. The lowest BCUT2D eigenvalue weighted by Crippen LogP contribution is -2.51. The van der Waals surface area contributed by atoms with E-state index in [-0.39, 0.29) is 0 Å². The van der Waals surface area contributed by atoms with Crippen LogP contribution in [0, 0.1) is 0 Å². The smallest absolute Gasteiger partial charge is 0.223 e. The predicted molar refractivity (Wildman–Crippen MR) is 63.2 cm³/mol. The van der Waals surface area contributed by atoms with Crippen LogP contribution in [0.4, 0.5) is 39.5 Å². The molecule has 0 aromatic heterocycles. The van der Waals surface area contributed by atoms with Crippen LogP contribution in [-0.4, -0.2) is 65.0 Å². The van der Waals surface area contributed by atoms with Gasteiger partial charge in [-0.2, -0.15) is 0 Å². The molecule has 0 aromatic rings. The largest absolute Gasteiger partial charge is 0.283 e. The number of alkyl halides is 9. The van der Waals surface area contributed by atoms with Gasteiger partial charge in [-0.05, 0) is 0 Å². The van der Waals surface area contributed by atoms with Crippen molar-refractivity contribution in [1.29, 1.82) is 0 Å². The molecule has 18 heteroatoms. The van der Waals surface area contributed by atoms with Gasteiger partial charge in [-0.1, -0.05) is 0 Å². The molecule has 0 aliphatic heterocycles. The van der Waals surface area contributed by atoms with Crippen molar-refractivity contribution in [3.63, 3.8) is 0 Å². The summed E-state index contributed by atoms with van der Waals surface area (Å²) in [5, 5.41) is 0. The van der Waals surface area contributed by atoms with Gasteiger partial charge in [0.2, 0.25) is 29.5 Å². The third-order valence-electron chi connectivity index (χ3n) is 2.34. The van der Waals surface area contributed by atoms with Gasteiger partial charge in [0, 0.05) is 0 Å². The van der Waals surface area contributed by atoms with Crippen LogP contribution < -0.4 is 0 Å². The van der Waals surface area contributed by atoms with Crippen LogP contribution in [0.3, 0.4) is 0 Å². The van der Waals surface area contributed by atoms with Crippen LogP contribution >= 0.6 is 0 Å². The van der Waals surface area contributed by atoms with Gasteiger partial charge in [0.05, 0.1) is 0 Å². The van der Waals surface area contributed by atoms with Gasteiger partial charge < -0.3 is 0 Å². The Kier molecular flexibility index (Phi) is 7.60. The number of hydrogen-bond acceptors (Lipinski definition) is 6. The molecule has 0 saturated heterocycles. The average Bonchev–Trinajstić information content (AvgIpc) is 2.42. The Hall–Kier alpha value is -0.780. The molecule has 0 amide bonds. The lowest BCUT2D eigenvalue weighted by molar-refractivity contribution is 0.0878. The second-order valence-corrected chi connectivity index (χ2v) is 11.3. The van der Waals surface area contributed by atoms with Crippen molar-refractivity contribution in [2.45, 2.75) is 39.7 Å². The van der Waals surface area contributed by atoms with Crippen molar-refractivity contribution < 1.29 is 64.8 Å². The van der Waals surface area contributed by atoms with Gasteiger partial charge in [-0.15, -0.1) is 0 Å². The van der Waals surface area contributed by atoms with Crippen LogP contribution in [0.15, 0.2) is 0 Å². The van der Waals surface area contributed by atoms with E-state index in [9.17, 15) is 64.8 Å². The number of halogens is 9. The number of sulfone groups is 3. The molecule has 0 bridgehead atoms. The molecule has 0 spiro atoms. The molecule has 0 heterocycles. The molecule has 0 rings (SSSR count). The summed E-state index contributed by atoms with van der Waals surface area (Å²) < 4.78 is 175. The molecule has 6 nitrogen and oxygen atoms in total. The van der Waals surface area contributed by atoms with Gasteiger partial charge >= 0.3 is 0 Å². The first-order chi connectivity index (χ1) is 10.9. The van der Waals surface area contributed by atoms with E-state index in [2.05, 4.69) is 0 Å². The minimum Gasteiger partial charge on any atom is -0.223 e. The molecule has 3 unspecified atom stereocenters. The molecule has 0 radical (unpaired) electrons. The molecule has 0 aliphatic rings. The van der Waals surface area contributed by atoms with E-state index in [0.29, 0.717) is 0 Å². The van der Waals surface area contributed by atoms with E-state index in [0.717, 1.165) is 0 Å². The van der Waals surface area contributed by atoms with Crippen LogP contribution in [0.1, 0.15) is 0 Å². The van der Waals surface area contributed by atoms with Gasteiger partial charge in [-0.3, -0.25) is 0 Å². The van der Waals surface area contributed by atoms with Crippen molar-refractivity contribution >= 4 is 29.5 Å². The van der Waals surface area contributed by atoms with E-state index in [4.69, 9.17) is 0 Å². The van der Waals surface area contributed by atoms with Crippen molar-refractivity contribution in [1.82, 2.24) is 0 Å². The Balaban J connectivity index is 6.79. The Morgan fingerprint density at radius 2 is 0.560 bits per heavy atom. The highest BCUT2D eigenvalue weighted by Gasteiger charge is 2.61. The zero-order chi connectivity index (χ0) is 20.5. The standard InChI is InChI=1S/C7H7F9O6S3/c8-1(9)4(14)23(17,18)7(24(19,20)5(15)2(10)11)25(21,22)6(16)3(12)13/h1-7H. The third kappa shape index (κ3) is 4.69. The molecule has 0 N–H and O–H groups in total. The highest BCUT2D eigenvalue weighted by molar-refractivity contribution is 8.24. The van der Waals surface area contributed by atoms with Crippen LogP contribution in [0.25, 0.3) is 0 Å². The SMILES string of the molecule is O=S(=O)(C(F)C(F)F)C(S(=O)(=O)C(F)C(F)F)S(=O)(=O)C(F)C(F)F. The first kappa shape index (κ1) is 24.2.